The Morgan fingerprint density at radius 1 is 1.33 bits per heavy atom. The third-order valence-electron chi connectivity index (χ3n) is 3.19. The number of hydrogen-bond acceptors (Lipinski definition) is 2. The molecule has 1 heterocycles. The first kappa shape index (κ1) is 10.7. The van der Waals surface area contributed by atoms with Crippen molar-refractivity contribution in [3.8, 4) is 0 Å². The SMILES string of the molecule is Cc1ccc(C(C)(O)C2CCCO2)cc1. The number of aliphatic hydroxyl groups is 1. The standard InChI is InChI=1S/C13H18O2/c1-10-5-7-11(8-6-10)13(2,14)12-4-3-9-15-12/h5-8,12,14H,3-4,9H2,1-2H3. The number of aryl methyl sites for hydroxylation is 1. The Morgan fingerprint density at radius 2 is 2.00 bits per heavy atom. The highest BCUT2D eigenvalue weighted by Crippen LogP contribution is 2.32. The molecule has 2 rings (SSSR count). The van der Waals surface area contributed by atoms with Crippen LogP contribution >= 0.6 is 0 Å². The van der Waals surface area contributed by atoms with E-state index in [4.69, 9.17) is 4.74 Å². The van der Waals surface area contributed by atoms with Crippen LogP contribution < -0.4 is 0 Å². The van der Waals surface area contributed by atoms with Gasteiger partial charge in [-0.1, -0.05) is 29.8 Å². The van der Waals surface area contributed by atoms with Gasteiger partial charge in [0.2, 0.25) is 0 Å². The van der Waals surface area contributed by atoms with Gasteiger partial charge < -0.3 is 9.84 Å². The normalized spacial score (nSPS) is 25.1. The second-order valence-corrected chi connectivity index (χ2v) is 4.52. The van der Waals surface area contributed by atoms with Gasteiger partial charge in [0.25, 0.3) is 0 Å². The zero-order valence-corrected chi connectivity index (χ0v) is 9.36. The molecule has 1 fully saturated rings. The Kier molecular flexibility index (Phi) is 2.81. The van der Waals surface area contributed by atoms with E-state index in [9.17, 15) is 5.11 Å². The summed E-state index contributed by atoms with van der Waals surface area (Å²) in [4.78, 5) is 0. The van der Waals surface area contributed by atoms with Gasteiger partial charge in [0.05, 0.1) is 6.10 Å². The van der Waals surface area contributed by atoms with E-state index in [-0.39, 0.29) is 6.10 Å². The topological polar surface area (TPSA) is 29.5 Å². The maximum atomic E-state index is 10.5. The average molecular weight is 206 g/mol. The summed E-state index contributed by atoms with van der Waals surface area (Å²) < 4.78 is 5.55. The second kappa shape index (κ2) is 3.95. The zero-order valence-electron chi connectivity index (χ0n) is 9.36. The molecule has 2 atom stereocenters. The third kappa shape index (κ3) is 2.06. The van der Waals surface area contributed by atoms with Crippen LogP contribution in [-0.2, 0) is 10.3 Å². The second-order valence-electron chi connectivity index (χ2n) is 4.52. The lowest BCUT2D eigenvalue weighted by molar-refractivity contribution is -0.0774. The van der Waals surface area contributed by atoms with E-state index in [0.717, 1.165) is 25.0 Å². The van der Waals surface area contributed by atoms with Gasteiger partial charge >= 0.3 is 0 Å². The fourth-order valence-electron chi connectivity index (χ4n) is 2.10. The van der Waals surface area contributed by atoms with E-state index in [1.165, 1.54) is 5.56 Å². The molecule has 1 saturated heterocycles. The Labute approximate surface area is 90.9 Å². The van der Waals surface area contributed by atoms with Crippen LogP contribution in [-0.4, -0.2) is 17.8 Å². The highest BCUT2D eigenvalue weighted by atomic mass is 16.5. The molecule has 0 aliphatic carbocycles. The summed E-state index contributed by atoms with van der Waals surface area (Å²) in [6.45, 7) is 4.66. The molecule has 0 bridgehead atoms. The average Bonchev–Trinajstić information content (AvgIpc) is 2.71. The van der Waals surface area contributed by atoms with E-state index in [0.29, 0.717) is 0 Å². The van der Waals surface area contributed by atoms with Crippen molar-refractivity contribution in [2.24, 2.45) is 0 Å². The predicted octanol–water partition coefficient (Wildman–Crippen LogP) is 2.38. The molecule has 82 valence electrons. The summed E-state index contributed by atoms with van der Waals surface area (Å²) in [5.74, 6) is 0. The summed E-state index contributed by atoms with van der Waals surface area (Å²) in [7, 11) is 0. The first-order valence-corrected chi connectivity index (χ1v) is 5.52. The Balaban J connectivity index is 2.23. The molecule has 2 heteroatoms. The minimum atomic E-state index is -0.857. The molecule has 0 amide bonds. The van der Waals surface area contributed by atoms with Crippen molar-refractivity contribution >= 4 is 0 Å². The van der Waals surface area contributed by atoms with Crippen LogP contribution in [0.2, 0.25) is 0 Å². The van der Waals surface area contributed by atoms with Crippen LogP contribution in [0, 0.1) is 6.92 Å². The molecule has 1 N–H and O–H groups in total. The van der Waals surface area contributed by atoms with E-state index < -0.39 is 5.60 Å². The van der Waals surface area contributed by atoms with Gasteiger partial charge in [-0.15, -0.1) is 0 Å². The van der Waals surface area contributed by atoms with Crippen LogP contribution in [0.25, 0.3) is 0 Å². The maximum Gasteiger partial charge on any atom is 0.113 e. The molecule has 1 aliphatic rings. The van der Waals surface area contributed by atoms with Gasteiger partial charge in [-0.3, -0.25) is 0 Å². The predicted molar refractivity (Wildman–Crippen MR) is 59.7 cm³/mol. The van der Waals surface area contributed by atoms with Gasteiger partial charge in [0.15, 0.2) is 0 Å². The van der Waals surface area contributed by atoms with Crippen molar-refractivity contribution in [3.63, 3.8) is 0 Å². The van der Waals surface area contributed by atoms with Crippen LogP contribution in [0.4, 0.5) is 0 Å². The summed E-state index contributed by atoms with van der Waals surface area (Å²) in [6.07, 6.45) is 1.94. The molecular formula is C13H18O2. The Morgan fingerprint density at radius 3 is 2.53 bits per heavy atom. The van der Waals surface area contributed by atoms with Crippen molar-refractivity contribution in [2.75, 3.05) is 6.61 Å². The molecule has 1 aromatic rings. The maximum absolute atomic E-state index is 10.5. The summed E-state index contributed by atoms with van der Waals surface area (Å²) in [5.41, 5.74) is 1.30. The van der Waals surface area contributed by atoms with Gasteiger partial charge in [0.1, 0.15) is 5.60 Å². The van der Waals surface area contributed by atoms with Gasteiger partial charge in [0, 0.05) is 6.61 Å². The van der Waals surface area contributed by atoms with Crippen LogP contribution in [0.5, 0.6) is 0 Å². The minimum Gasteiger partial charge on any atom is -0.383 e. The molecule has 0 radical (unpaired) electrons. The van der Waals surface area contributed by atoms with Crippen molar-refractivity contribution in [2.45, 2.75) is 38.4 Å². The molecule has 0 aromatic heterocycles. The van der Waals surface area contributed by atoms with E-state index >= 15 is 0 Å². The summed E-state index contributed by atoms with van der Waals surface area (Å²) >= 11 is 0. The Hall–Kier alpha value is -0.860. The molecule has 0 spiro atoms. The molecule has 15 heavy (non-hydrogen) atoms. The van der Waals surface area contributed by atoms with Crippen molar-refractivity contribution in [1.29, 1.82) is 0 Å². The monoisotopic (exact) mass is 206 g/mol. The molecule has 1 aliphatic heterocycles. The number of ether oxygens (including phenoxy) is 1. The quantitative estimate of drug-likeness (QED) is 0.805. The summed E-state index contributed by atoms with van der Waals surface area (Å²) in [6, 6.07) is 8.02. The first-order valence-electron chi connectivity index (χ1n) is 5.52. The Bertz CT molecular complexity index is 321. The lowest BCUT2D eigenvalue weighted by Gasteiger charge is -2.29. The fraction of sp³-hybridized carbons (Fsp3) is 0.538. The van der Waals surface area contributed by atoms with E-state index in [2.05, 4.69) is 0 Å². The van der Waals surface area contributed by atoms with Gasteiger partial charge in [-0.05, 0) is 32.3 Å². The van der Waals surface area contributed by atoms with Crippen molar-refractivity contribution in [3.05, 3.63) is 35.4 Å². The van der Waals surface area contributed by atoms with Crippen LogP contribution in [0.3, 0.4) is 0 Å². The van der Waals surface area contributed by atoms with Crippen molar-refractivity contribution < 1.29 is 9.84 Å². The van der Waals surface area contributed by atoms with Crippen molar-refractivity contribution in [1.82, 2.24) is 0 Å². The molecular weight excluding hydrogens is 188 g/mol. The smallest absolute Gasteiger partial charge is 0.113 e. The van der Waals surface area contributed by atoms with Crippen LogP contribution in [0.1, 0.15) is 30.9 Å². The first-order chi connectivity index (χ1) is 7.10. The van der Waals surface area contributed by atoms with E-state index in [1.807, 2.05) is 38.1 Å². The lowest BCUT2D eigenvalue weighted by Crippen LogP contribution is -2.35. The number of rotatable bonds is 2. The van der Waals surface area contributed by atoms with Crippen LogP contribution in [0.15, 0.2) is 24.3 Å². The largest absolute Gasteiger partial charge is 0.383 e. The molecule has 0 saturated carbocycles. The zero-order chi connectivity index (χ0) is 10.9. The fourth-order valence-corrected chi connectivity index (χ4v) is 2.10. The van der Waals surface area contributed by atoms with E-state index in [1.54, 1.807) is 0 Å². The number of hydrogen-bond donors (Lipinski definition) is 1. The minimum absolute atomic E-state index is 0.0554. The van der Waals surface area contributed by atoms with Gasteiger partial charge in [-0.2, -0.15) is 0 Å². The molecule has 1 aromatic carbocycles. The highest BCUT2D eigenvalue weighted by Gasteiger charge is 2.36. The lowest BCUT2D eigenvalue weighted by atomic mass is 9.88. The third-order valence-corrected chi connectivity index (χ3v) is 3.19. The van der Waals surface area contributed by atoms with Gasteiger partial charge in [-0.25, -0.2) is 0 Å². The summed E-state index contributed by atoms with van der Waals surface area (Å²) in [5, 5.41) is 10.5. The number of benzene rings is 1. The highest BCUT2D eigenvalue weighted by molar-refractivity contribution is 5.27. The molecule has 2 nitrogen and oxygen atoms in total. The molecule has 2 unspecified atom stereocenters.